The lowest BCUT2D eigenvalue weighted by Gasteiger charge is -2.17. The molecule has 0 saturated heterocycles. The van der Waals surface area contributed by atoms with Crippen LogP contribution in [-0.2, 0) is 20.9 Å². The summed E-state index contributed by atoms with van der Waals surface area (Å²) in [4.78, 5) is 25.9. The summed E-state index contributed by atoms with van der Waals surface area (Å²) in [5.41, 5.74) is 1.08. The lowest BCUT2D eigenvalue weighted by atomic mass is 10.2. The quantitative estimate of drug-likeness (QED) is 0.573. The molecule has 0 aliphatic heterocycles. The molecule has 0 aliphatic rings. The summed E-state index contributed by atoms with van der Waals surface area (Å²) >= 11 is 1.69. The van der Waals surface area contributed by atoms with E-state index in [1.165, 1.54) is 4.90 Å². The van der Waals surface area contributed by atoms with Crippen LogP contribution in [-0.4, -0.2) is 36.7 Å². The zero-order valence-electron chi connectivity index (χ0n) is 12.2. The van der Waals surface area contributed by atoms with Crippen molar-refractivity contribution < 1.29 is 14.3 Å². The Kier molecular flexibility index (Phi) is 7.15. The normalized spacial score (nSPS) is 10.2. The van der Waals surface area contributed by atoms with Gasteiger partial charge in [-0.05, 0) is 30.9 Å². The second-order valence-corrected chi connectivity index (χ2v) is 5.28. The summed E-state index contributed by atoms with van der Waals surface area (Å²) < 4.78 is 4.80. The van der Waals surface area contributed by atoms with Gasteiger partial charge in [0.05, 0.1) is 13.0 Å². The van der Waals surface area contributed by atoms with Crippen LogP contribution >= 0.6 is 11.8 Å². The molecular formula is C15H21NO3S. The maximum absolute atomic E-state index is 11.9. The van der Waals surface area contributed by atoms with Crippen molar-refractivity contribution in [2.75, 3.05) is 19.9 Å². The van der Waals surface area contributed by atoms with Gasteiger partial charge >= 0.3 is 5.97 Å². The largest absolute Gasteiger partial charge is 0.466 e. The zero-order chi connectivity index (χ0) is 15.0. The highest BCUT2D eigenvalue weighted by atomic mass is 32.2. The van der Waals surface area contributed by atoms with E-state index in [0.29, 0.717) is 13.2 Å². The highest BCUT2D eigenvalue weighted by molar-refractivity contribution is 7.98. The fourth-order valence-corrected chi connectivity index (χ4v) is 2.13. The Bertz CT molecular complexity index is 445. The summed E-state index contributed by atoms with van der Waals surface area (Å²) in [6, 6.07) is 8.11. The van der Waals surface area contributed by atoms with Crippen molar-refractivity contribution >= 4 is 23.6 Å². The number of esters is 1. The highest BCUT2D eigenvalue weighted by Gasteiger charge is 2.12. The van der Waals surface area contributed by atoms with Crippen molar-refractivity contribution in [3.05, 3.63) is 29.8 Å². The first-order valence-corrected chi connectivity index (χ1v) is 7.81. The van der Waals surface area contributed by atoms with Crippen molar-refractivity contribution in [3.63, 3.8) is 0 Å². The lowest BCUT2D eigenvalue weighted by Crippen LogP contribution is -2.26. The van der Waals surface area contributed by atoms with Crippen LogP contribution in [0.3, 0.4) is 0 Å². The molecule has 0 unspecified atom stereocenters. The predicted octanol–water partition coefficient (Wildman–Crippen LogP) is 2.71. The minimum Gasteiger partial charge on any atom is -0.466 e. The van der Waals surface area contributed by atoms with Gasteiger partial charge in [0.25, 0.3) is 0 Å². The molecule has 0 atom stereocenters. The fraction of sp³-hybridized carbons (Fsp3) is 0.467. The van der Waals surface area contributed by atoms with Gasteiger partial charge in [0.1, 0.15) is 0 Å². The molecule has 1 amide bonds. The number of rotatable bonds is 7. The van der Waals surface area contributed by atoms with Crippen LogP contribution in [0.25, 0.3) is 0 Å². The molecule has 0 bridgehead atoms. The van der Waals surface area contributed by atoms with Crippen LogP contribution < -0.4 is 0 Å². The van der Waals surface area contributed by atoms with E-state index < -0.39 is 0 Å². The molecule has 20 heavy (non-hydrogen) atoms. The molecule has 110 valence electrons. The van der Waals surface area contributed by atoms with Crippen molar-refractivity contribution in [2.45, 2.75) is 31.2 Å². The van der Waals surface area contributed by atoms with Crippen LogP contribution in [0, 0.1) is 0 Å². The van der Waals surface area contributed by atoms with E-state index in [2.05, 4.69) is 0 Å². The van der Waals surface area contributed by atoms with Gasteiger partial charge in [-0.25, -0.2) is 0 Å². The maximum Gasteiger partial charge on any atom is 0.306 e. The van der Waals surface area contributed by atoms with E-state index >= 15 is 0 Å². The molecule has 1 aromatic rings. The number of hydrogen-bond acceptors (Lipinski definition) is 4. The number of benzene rings is 1. The number of thioether (sulfide) groups is 1. The molecule has 0 saturated carbocycles. The Balaban J connectivity index is 2.42. The van der Waals surface area contributed by atoms with E-state index in [0.717, 1.165) is 5.56 Å². The second kappa shape index (κ2) is 8.64. The first-order chi connectivity index (χ1) is 9.56. The van der Waals surface area contributed by atoms with E-state index in [1.807, 2.05) is 30.5 Å². The van der Waals surface area contributed by atoms with E-state index in [1.54, 1.807) is 30.6 Å². The summed E-state index contributed by atoms with van der Waals surface area (Å²) in [7, 11) is 1.75. The standard InChI is InChI=1S/C15H21NO3S/c1-4-19-15(18)10-9-14(17)16(2)11-12-5-7-13(20-3)8-6-12/h5-8H,4,9-11H2,1-3H3. The Morgan fingerprint density at radius 1 is 1.20 bits per heavy atom. The third kappa shape index (κ3) is 5.65. The molecule has 0 radical (unpaired) electrons. The van der Waals surface area contributed by atoms with Gasteiger partial charge in [0.15, 0.2) is 0 Å². The molecule has 0 fully saturated rings. The molecule has 4 nitrogen and oxygen atoms in total. The number of carbonyl (C=O) groups is 2. The smallest absolute Gasteiger partial charge is 0.306 e. The van der Waals surface area contributed by atoms with Gasteiger partial charge < -0.3 is 9.64 Å². The molecule has 0 N–H and O–H groups in total. The highest BCUT2D eigenvalue weighted by Crippen LogP contribution is 2.15. The van der Waals surface area contributed by atoms with Crippen LogP contribution in [0.1, 0.15) is 25.3 Å². The number of carbonyl (C=O) groups excluding carboxylic acids is 2. The molecule has 0 heterocycles. The second-order valence-electron chi connectivity index (χ2n) is 4.40. The Morgan fingerprint density at radius 3 is 2.40 bits per heavy atom. The maximum atomic E-state index is 11.9. The first kappa shape index (κ1) is 16.6. The van der Waals surface area contributed by atoms with E-state index in [-0.39, 0.29) is 24.7 Å². The summed E-state index contributed by atoms with van der Waals surface area (Å²) in [6.45, 7) is 2.66. The van der Waals surface area contributed by atoms with Gasteiger partial charge in [0.2, 0.25) is 5.91 Å². The summed E-state index contributed by atoms with van der Waals surface area (Å²) in [5, 5.41) is 0. The zero-order valence-corrected chi connectivity index (χ0v) is 13.0. The topological polar surface area (TPSA) is 46.6 Å². The SMILES string of the molecule is CCOC(=O)CCC(=O)N(C)Cc1ccc(SC)cc1. The molecule has 0 spiro atoms. The van der Waals surface area contributed by atoms with Crippen molar-refractivity contribution in [2.24, 2.45) is 0 Å². The van der Waals surface area contributed by atoms with E-state index in [4.69, 9.17) is 4.74 Å². The molecule has 0 aromatic heterocycles. The van der Waals surface area contributed by atoms with Crippen molar-refractivity contribution in [3.8, 4) is 0 Å². The Hall–Kier alpha value is -1.49. The van der Waals surface area contributed by atoms with E-state index in [9.17, 15) is 9.59 Å². The third-order valence-corrected chi connectivity index (χ3v) is 3.60. The Morgan fingerprint density at radius 2 is 1.85 bits per heavy atom. The number of hydrogen-bond donors (Lipinski definition) is 0. The summed E-state index contributed by atoms with van der Waals surface area (Å²) in [6.07, 6.45) is 2.36. The molecular weight excluding hydrogens is 274 g/mol. The molecule has 5 heteroatoms. The average molecular weight is 295 g/mol. The van der Waals surface area contributed by atoms with Crippen LogP contribution in [0.15, 0.2) is 29.2 Å². The number of ether oxygens (including phenoxy) is 1. The number of nitrogens with zero attached hydrogens (tertiary/aromatic N) is 1. The van der Waals surface area contributed by atoms with Gasteiger partial charge in [-0.15, -0.1) is 11.8 Å². The average Bonchev–Trinajstić information content (AvgIpc) is 2.45. The van der Waals surface area contributed by atoms with Gasteiger partial charge in [0, 0.05) is 24.9 Å². The summed E-state index contributed by atoms with van der Waals surface area (Å²) in [5.74, 6) is -0.370. The van der Waals surface area contributed by atoms with Crippen molar-refractivity contribution in [1.82, 2.24) is 4.90 Å². The molecule has 1 rings (SSSR count). The third-order valence-electron chi connectivity index (χ3n) is 2.85. The van der Waals surface area contributed by atoms with Crippen LogP contribution in [0.4, 0.5) is 0 Å². The van der Waals surface area contributed by atoms with Gasteiger partial charge in [-0.1, -0.05) is 12.1 Å². The van der Waals surface area contributed by atoms with Crippen LogP contribution in [0.2, 0.25) is 0 Å². The molecule has 0 aliphatic carbocycles. The first-order valence-electron chi connectivity index (χ1n) is 6.59. The van der Waals surface area contributed by atoms with Crippen LogP contribution in [0.5, 0.6) is 0 Å². The Labute approximate surface area is 124 Å². The monoisotopic (exact) mass is 295 g/mol. The van der Waals surface area contributed by atoms with Crippen molar-refractivity contribution in [1.29, 1.82) is 0 Å². The molecule has 1 aromatic carbocycles. The lowest BCUT2D eigenvalue weighted by molar-refractivity contribution is -0.145. The number of amides is 1. The predicted molar refractivity (Wildman–Crippen MR) is 80.6 cm³/mol. The minimum atomic E-state index is -0.321. The minimum absolute atomic E-state index is 0.0491. The van der Waals surface area contributed by atoms with Gasteiger partial charge in [-0.3, -0.25) is 9.59 Å². The fourth-order valence-electron chi connectivity index (χ4n) is 1.73. The van der Waals surface area contributed by atoms with Gasteiger partial charge in [-0.2, -0.15) is 0 Å².